The highest BCUT2D eigenvalue weighted by molar-refractivity contribution is 7.90. The van der Waals surface area contributed by atoms with Gasteiger partial charge in [0.05, 0.1) is 24.7 Å². The summed E-state index contributed by atoms with van der Waals surface area (Å²) >= 11 is 0. The highest BCUT2D eigenvalue weighted by Gasteiger charge is 2.19. The summed E-state index contributed by atoms with van der Waals surface area (Å²) < 4.78 is 56.8. The molecule has 0 N–H and O–H groups in total. The maximum Gasteiger partial charge on any atom is 0.268 e. The molecule has 0 spiro atoms. The lowest BCUT2D eigenvalue weighted by atomic mass is 10.2. The average molecular weight is 370 g/mol. The van der Waals surface area contributed by atoms with E-state index in [0.29, 0.717) is 11.1 Å². The SMILES string of the molecule is O=S(=O)(CCS(=O)(=O)OCc1ccccc1)OCc1ccccc1. The summed E-state index contributed by atoms with van der Waals surface area (Å²) in [5, 5.41) is 0. The van der Waals surface area contributed by atoms with Crippen LogP contribution in [-0.2, 0) is 41.8 Å². The fourth-order valence-electron chi connectivity index (χ4n) is 1.79. The van der Waals surface area contributed by atoms with Crippen molar-refractivity contribution in [1.82, 2.24) is 0 Å². The number of rotatable bonds is 9. The standard InChI is InChI=1S/C16H18O6S2/c17-23(18,21-13-15-7-3-1-4-8-15)11-12-24(19,20)22-14-16-9-5-2-6-10-16/h1-10H,11-14H2. The highest BCUT2D eigenvalue weighted by atomic mass is 32.2. The van der Waals surface area contributed by atoms with Crippen molar-refractivity contribution in [1.29, 1.82) is 0 Å². The molecule has 2 rings (SSSR count). The maximum atomic E-state index is 11.8. The van der Waals surface area contributed by atoms with Crippen molar-refractivity contribution < 1.29 is 25.2 Å². The van der Waals surface area contributed by atoms with Gasteiger partial charge in [-0.15, -0.1) is 0 Å². The zero-order valence-electron chi connectivity index (χ0n) is 12.9. The van der Waals surface area contributed by atoms with Crippen molar-refractivity contribution >= 4 is 20.2 Å². The highest BCUT2D eigenvalue weighted by Crippen LogP contribution is 2.08. The largest absolute Gasteiger partial charge is 0.268 e. The summed E-state index contributed by atoms with van der Waals surface area (Å²) in [4.78, 5) is 0. The van der Waals surface area contributed by atoms with Crippen LogP contribution < -0.4 is 0 Å². The third-order valence-electron chi connectivity index (χ3n) is 3.08. The van der Waals surface area contributed by atoms with Crippen molar-refractivity contribution in [2.75, 3.05) is 11.5 Å². The first-order valence-electron chi connectivity index (χ1n) is 7.18. The lowest BCUT2D eigenvalue weighted by Gasteiger charge is -2.07. The molecular formula is C16H18O6S2. The number of hydrogen-bond donors (Lipinski definition) is 0. The van der Waals surface area contributed by atoms with Gasteiger partial charge in [0.1, 0.15) is 0 Å². The van der Waals surface area contributed by atoms with Crippen LogP contribution >= 0.6 is 0 Å². The van der Waals surface area contributed by atoms with E-state index in [1.165, 1.54) is 0 Å². The molecular weight excluding hydrogens is 352 g/mol. The van der Waals surface area contributed by atoms with Crippen molar-refractivity contribution in [2.45, 2.75) is 13.2 Å². The Morgan fingerprint density at radius 2 is 0.917 bits per heavy atom. The molecule has 0 aliphatic carbocycles. The second-order valence-corrected chi connectivity index (χ2v) is 8.54. The maximum absolute atomic E-state index is 11.8. The summed E-state index contributed by atoms with van der Waals surface area (Å²) in [7, 11) is -7.91. The van der Waals surface area contributed by atoms with Crippen LogP contribution in [0.25, 0.3) is 0 Å². The smallest absolute Gasteiger partial charge is 0.265 e. The normalized spacial score (nSPS) is 12.2. The van der Waals surface area contributed by atoms with Crippen LogP contribution in [0.2, 0.25) is 0 Å². The molecule has 0 bridgehead atoms. The van der Waals surface area contributed by atoms with E-state index in [1.54, 1.807) is 60.7 Å². The predicted molar refractivity (Wildman–Crippen MR) is 90.0 cm³/mol. The van der Waals surface area contributed by atoms with Gasteiger partial charge in [-0.2, -0.15) is 16.8 Å². The topological polar surface area (TPSA) is 86.7 Å². The zero-order valence-corrected chi connectivity index (χ0v) is 14.5. The van der Waals surface area contributed by atoms with Gasteiger partial charge < -0.3 is 0 Å². The van der Waals surface area contributed by atoms with Gasteiger partial charge in [-0.25, -0.2) is 0 Å². The Kier molecular flexibility index (Phi) is 6.50. The van der Waals surface area contributed by atoms with Crippen LogP contribution in [0.5, 0.6) is 0 Å². The van der Waals surface area contributed by atoms with Crippen molar-refractivity contribution in [3.05, 3.63) is 71.8 Å². The monoisotopic (exact) mass is 370 g/mol. The first-order chi connectivity index (χ1) is 11.4. The van der Waals surface area contributed by atoms with Gasteiger partial charge in [0.15, 0.2) is 0 Å². The number of hydrogen-bond acceptors (Lipinski definition) is 6. The van der Waals surface area contributed by atoms with E-state index in [4.69, 9.17) is 8.37 Å². The summed E-state index contributed by atoms with van der Waals surface area (Å²) in [6, 6.07) is 17.5. The van der Waals surface area contributed by atoms with Crippen LogP contribution in [0.15, 0.2) is 60.7 Å². The Balaban J connectivity index is 1.81. The van der Waals surface area contributed by atoms with Gasteiger partial charge >= 0.3 is 0 Å². The van der Waals surface area contributed by atoms with Gasteiger partial charge in [-0.3, -0.25) is 8.37 Å². The fourth-order valence-corrected chi connectivity index (χ4v) is 4.29. The summed E-state index contributed by atoms with van der Waals surface area (Å²) in [6.07, 6.45) is 0. The minimum Gasteiger partial charge on any atom is -0.265 e. The fraction of sp³-hybridized carbons (Fsp3) is 0.250. The quantitative estimate of drug-likeness (QED) is 0.628. The van der Waals surface area contributed by atoms with Crippen LogP contribution in [-0.4, -0.2) is 28.3 Å². The molecule has 2 aromatic carbocycles. The summed E-state index contributed by atoms with van der Waals surface area (Å²) in [5.41, 5.74) is 1.37. The van der Waals surface area contributed by atoms with Crippen LogP contribution in [0, 0.1) is 0 Å². The molecule has 0 aliphatic heterocycles. The van der Waals surface area contributed by atoms with Gasteiger partial charge in [0.2, 0.25) is 0 Å². The average Bonchev–Trinajstić information content (AvgIpc) is 2.59. The first kappa shape index (κ1) is 18.6. The second-order valence-electron chi connectivity index (χ2n) is 5.02. The van der Waals surface area contributed by atoms with E-state index in [0.717, 1.165) is 0 Å². The molecule has 0 aromatic heterocycles. The Morgan fingerprint density at radius 1 is 0.583 bits per heavy atom. The van der Waals surface area contributed by atoms with Gasteiger partial charge in [-0.1, -0.05) is 60.7 Å². The van der Waals surface area contributed by atoms with Gasteiger partial charge in [0, 0.05) is 0 Å². The summed E-state index contributed by atoms with van der Waals surface area (Å²) in [5.74, 6) is -1.31. The molecule has 0 aliphatic rings. The Labute approximate surface area is 142 Å². The Morgan fingerprint density at radius 3 is 1.25 bits per heavy atom. The van der Waals surface area contributed by atoms with Crippen molar-refractivity contribution in [2.24, 2.45) is 0 Å². The second kappa shape index (κ2) is 8.39. The zero-order chi connectivity index (χ0) is 17.5. The lowest BCUT2D eigenvalue weighted by molar-refractivity contribution is 0.302. The molecule has 2 aromatic rings. The van der Waals surface area contributed by atoms with E-state index in [9.17, 15) is 16.8 Å². The van der Waals surface area contributed by atoms with Gasteiger partial charge in [0.25, 0.3) is 20.2 Å². The third-order valence-corrected chi connectivity index (χ3v) is 5.70. The lowest BCUT2D eigenvalue weighted by Crippen LogP contribution is -2.20. The van der Waals surface area contributed by atoms with Crippen molar-refractivity contribution in [3.63, 3.8) is 0 Å². The predicted octanol–water partition coefficient (Wildman–Crippen LogP) is 2.08. The van der Waals surface area contributed by atoms with E-state index in [1.807, 2.05) is 0 Å². The molecule has 0 fully saturated rings. The van der Waals surface area contributed by atoms with E-state index >= 15 is 0 Å². The van der Waals surface area contributed by atoms with Gasteiger partial charge in [-0.05, 0) is 11.1 Å². The van der Waals surface area contributed by atoms with E-state index in [2.05, 4.69) is 0 Å². The number of benzene rings is 2. The third kappa shape index (κ3) is 6.79. The molecule has 6 nitrogen and oxygen atoms in total. The molecule has 0 heterocycles. The molecule has 24 heavy (non-hydrogen) atoms. The molecule has 0 saturated heterocycles. The Hall–Kier alpha value is -1.74. The van der Waals surface area contributed by atoms with Crippen LogP contribution in [0.3, 0.4) is 0 Å². The van der Waals surface area contributed by atoms with E-state index < -0.39 is 31.7 Å². The minimum absolute atomic E-state index is 0.131. The molecule has 8 heteroatoms. The molecule has 0 atom stereocenters. The molecule has 130 valence electrons. The minimum atomic E-state index is -3.96. The molecule has 0 radical (unpaired) electrons. The van der Waals surface area contributed by atoms with E-state index in [-0.39, 0.29) is 13.2 Å². The first-order valence-corrected chi connectivity index (χ1v) is 10.3. The summed E-state index contributed by atoms with van der Waals surface area (Å²) in [6.45, 7) is -0.262. The van der Waals surface area contributed by atoms with Crippen LogP contribution in [0.4, 0.5) is 0 Å². The molecule has 0 amide bonds. The molecule has 0 saturated carbocycles. The molecule has 0 unspecified atom stereocenters. The van der Waals surface area contributed by atoms with Crippen LogP contribution in [0.1, 0.15) is 11.1 Å². The van der Waals surface area contributed by atoms with Crippen molar-refractivity contribution in [3.8, 4) is 0 Å². The Bertz CT molecular complexity index is 757.